The molecule has 0 aliphatic carbocycles. The average molecular weight is 177 g/mol. The van der Waals surface area contributed by atoms with E-state index in [2.05, 4.69) is 4.40 Å². The van der Waals surface area contributed by atoms with Gasteiger partial charge in [-0.2, -0.15) is 4.40 Å². The van der Waals surface area contributed by atoms with Gasteiger partial charge in [0, 0.05) is 26.4 Å². The van der Waals surface area contributed by atoms with Gasteiger partial charge in [0.05, 0.1) is 7.11 Å². The Labute approximate surface area is 72.3 Å². The fourth-order valence-electron chi connectivity index (χ4n) is 0.442. The van der Waals surface area contributed by atoms with Crippen molar-refractivity contribution in [3.05, 3.63) is 0 Å². The summed E-state index contributed by atoms with van der Waals surface area (Å²) in [5.74, 6) is 1.70. The predicted molar refractivity (Wildman–Crippen MR) is 49.1 cm³/mol. The van der Waals surface area contributed by atoms with Gasteiger partial charge in [-0.15, -0.1) is 0 Å². The van der Waals surface area contributed by atoms with Gasteiger partial charge < -0.3 is 9.47 Å². The molecule has 0 aromatic heterocycles. The van der Waals surface area contributed by atoms with E-state index < -0.39 is 0 Å². The highest BCUT2D eigenvalue weighted by molar-refractivity contribution is 7.98. The summed E-state index contributed by atoms with van der Waals surface area (Å²) in [7, 11) is 3.32. The van der Waals surface area contributed by atoms with Gasteiger partial charge in [-0.1, -0.05) is 0 Å². The largest absolute Gasteiger partial charge is 0.484 e. The molecular formula is C7H15NO2S. The molecular weight excluding hydrogens is 162 g/mol. The van der Waals surface area contributed by atoms with Crippen molar-refractivity contribution in [3.8, 4) is 0 Å². The highest BCUT2D eigenvalue weighted by Crippen LogP contribution is 2.04. The van der Waals surface area contributed by atoms with Gasteiger partial charge >= 0.3 is 0 Å². The quantitative estimate of drug-likeness (QED) is 0.277. The molecule has 0 aliphatic rings. The van der Waals surface area contributed by atoms with Crippen molar-refractivity contribution >= 4 is 17.8 Å². The molecule has 0 aromatic rings. The molecule has 0 atom stereocenters. The van der Waals surface area contributed by atoms with Crippen LogP contribution < -0.4 is 0 Å². The van der Waals surface area contributed by atoms with E-state index in [0.717, 1.165) is 18.8 Å². The number of methoxy groups -OCH3 is 2. The average Bonchev–Trinajstić information content (AvgIpc) is 2.04. The van der Waals surface area contributed by atoms with Crippen molar-refractivity contribution in [3.63, 3.8) is 0 Å². The molecule has 11 heavy (non-hydrogen) atoms. The van der Waals surface area contributed by atoms with Crippen LogP contribution in [0, 0.1) is 0 Å². The van der Waals surface area contributed by atoms with Crippen molar-refractivity contribution in [1.82, 2.24) is 0 Å². The van der Waals surface area contributed by atoms with Crippen LogP contribution in [0.25, 0.3) is 0 Å². The third kappa shape index (κ3) is 7.68. The van der Waals surface area contributed by atoms with Crippen molar-refractivity contribution in [2.75, 3.05) is 26.6 Å². The summed E-state index contributed by atoms with van der Waals surface area (Å²) in [6.07, 6.45) is 1.03. The molecule has 0 aliphatic heterocycles. The lowest BCUT2D eigenvalue weighted by molar-refractivity contribution is 0.200. The summed E-state index contributed by atoms with van der Waals surface area (Å²) in [4.78, 5) is 0. The molecule has 0 spiro atoms. The normalized spacial score (nSPS) is 11.7. The predicted octanol–water partition coefficient (Wildman–Crippen LogP) is 1.74. The molecule has 0 radical (unpaired) electrons. The van der Waals surface area contributed by atoms with Gasteiger partial charge in [-0.25, -0.2) is 0 Å². The SMILES string of the molecule is COCCCS/N=C(\C)OC. The monoisotopic (exact) mass is 177 g/mol. The zero-order valence-corrected chi connectivity index (χ0v) is 8.11. The minimum Gasteiger partial charge on any atom is -0.484 e. The second-order valence-corrected chi connectivity index (χ2v) is 2.84. The molecule has 0 amide bonds. The van der Waals surface area contributed by atoms with Gasteiger partial charge in [-0.3, -0.25) is 0 Å². The fraction of sp³-hybridized carbons (Fsp3) is 0.857. The van der Waals surface area contributed by atoms with Gasteiger partial charge in [0.1, 0.15) is 0 Å². The van der Waals surface area contributed by atoms with Gasteiger partial charge in [0.15, 0.2) is 5.90 Å². The van der Waals surface area contributed by atoms with E-state index in [9.17, 15) is 0 Å². The maximum atomic E-state index is 4.88. The number of rotatable bonds is 5. The van der Waals surface area contributed by atoms with Crippen LogP contribution in [0.5, 0.6) is 0 Å². The maximum Gasteiger partial charge on any atom is 0.191 e. The van der Waals surface area contributed by atoms with Crippen LogP contribution in [-0.4, -0.2) is 32.5 Å². The number of nitrogens with zero attached hydrogens (tertiary/aromatic N) is 1. The zero-order chi connectivity index (χ0) is 8.53. The number of hydrogen-bond acceptors (Lipinski definition) is 4. The third-order valence-electron chi connectivity index (χ3n) is 1.07. The Kier molecular flexibility index (Phi) is 7.72. The lowest BCUT2D eigenvalue weighted by Crippen LogP contribution is -1.93. The Morgan fingerprint density at radius 1 is 1.45 bits per heavy atom. The van der Waals surface area contributed by atoms with E-state index in [4.69, 9.17) is 9.47 Å². The van der Waals surface area contributed by atoms with E-state index in [-0.39, 0.29) is 0 Å². The molecule has 0 bridgehead atoms. The second kappa shape index (κ2) is 7.88. The van der Waals surface area contributed by atoms with Crippen molar-refractivity contribution in [2.45, 2.75) is 13.3 Å². The zero-order valence-electron chi connectivity index (χ0n) is 7.29. The van der Waals surface area contributed by atoms with Crippen LogP contribution >= 0.6 is 11.9 Å². The molecule has 0 heterocycles. The molecule has 3 nitrogen and oxygen atoms in total. The van der Waals surface area contributed by atoms with Crippen LogP contribution in [-0.2, 0) is 9.47 Å². The summed E-state index contributed by atoms with van der Waals surface area (Å²) in [5, 5.41) is 0. The summed E-state index contributed by atoms with van der Waals surface area (Å²) in [5.41, 5.74) is 0. The van der Waals surface area contributed by atoms with Crippen LogP contribution in [0.15, 0.2) is 4.40 Å². The van der Waals surface area contributed by atoms with Crippen LogP contribution in [0.3, 0.4) is 0 Å². The molecule has 0 unspecified atom stereocenters. The Hall–Kier alpha value is -0.220. The van der Waals surface area contributed by atoms with Crippen LogP contribution in [0.1, 0.15) is 13.3 Å². The Bertz CT molecular complexity index is 117. The highest BCUT2D eigenvalue weighted by Gasteiger charge is 1.88. The van der Waals surface area contributed by atoms with E-state index in [1.165, 1.54) is 11.9 Å². The van der Waals surface area contributed by atoms with Crippen LogP contribution in [0.4, 0.5) is 0 Å². The molecule has 4 heteroatoms. The third-order valence-corrected chi connectivity index (χ3v) is 1.93. The first-order valence-corrected chi connectivity index (χ1v) is 4.45. The number of hydrogen-bond donors (Lipinski definition) is 0. The Morgan fingerprint density at radius 3 is 2.73 bits per heavy atom. The van der Waals surface area contributed by atoms with E-state index in [1.807, 2.05) is 6.92 Å². The van der Waals surface area contributed by atoms with Gasteiger partial charge in [-0.05, 0) is 18.4 Å². The lowest BCUT2D eigenvalue weighted by Gasteiger charge is -1.97. The first-order chi connectivity index (χ1) is 5.31. The Morgan fingerprint density at radius 2 is 2.18 bits per heavy atom. The standard InChI is InChI=1S/C7H15NO2S/c1-7(10-3)8-11-6-4-5-9-2/h4-6H2,1-3H3/b8-7+. The summed E-state index contributed by atoms with van der Waals surface area (Å²) < 4.78 is 13.8. The molecule has 0 saturated carbocycles. The lowest BCUT2D eigenvalue weighted by atomic mass is 10.5. The number of ether oxygens (including phenoxy) is 2. The molecule has 0 fully saturated rings. The van der Waals surface area contributed by atoms with Crippen LogP contribution in [0.2, 0.25) is 0 Å². The maximum absolute atomic E-state index is 4.88. The topological polar surface area (TPSA) is 30.8 Å². The first kappa shape index (κ1) is 10.8. The minimum atomic E-state index is 0.715. The Balaban J connectivity index is 3.12. The van der Waals surface area contributed by atoms with E-state index in [0.29, 0.717) is 5.90 Å². The molecule has 66 valence electrons. The van der Waals surface area contributed by atoms with Crippen molar-refractivity contribution in [2.24, 2.45) is 4.40 Å². The van der Waals surface area contributed by atoms with Crippen molar-refractivity contribution in [1.29, 1.82) is 0 Å². The highest BCUT2D eigenvalue weighted by atomic mass is 32.2. The first-order valence-electron chi connectivity index (χ1n) is 3.50. The molecule has 0 N–H and O–H groups in total. The smallest absolute Gasteiger partial charge is 0.191 e. The van der Waals surface area contributed by atoms with E-state index in [1.54, 1.807) is 14.2 Å². The fourth-order valence-corrected chi connectivity index (χ4v) is 1.04. The summed E-state index contributed by atoms with van der Waals surface area (Å²) in [6, 6.07) is 0. The molecule has 0 aromatic carbocycles. The summed E-state index contributed by atoms with van der Waals surface area (Å²) >= 11 is 1.51. The molecule has 0 rings (SSSR count). The molecule has 0 saturated heterocycles. The second-order valence-electron chi connectivity index (χ2n) is 1.99. The van der Waals surface area contributed by atoms with Gasteiger partial charge in [0.2, 0.25) is 0 Å². The van der Waals surface area contributed by atoms with E-state index >= 15 is 0 Å². The van der Waals surface area contributed by atoms with Gasteiger partial charge in [0.25, 0.3) is 0 Å². The summed E-state index contributed by atoms with van der Waals surface area (Å²) in [6.45, 7) is 2.64. The van der Waals surface area contributed by atoms with Crippen molar-refractivity contribution < 1.29 is 9.47 Å². The minimum absolute atomic E-state index is 0.715.